The first kappa shape index (κ1) is 16.6. The highest BCUT2D eigenvalue weighted by molar-refractivity contribution is 5.93. The van der Waals surface area contributed by atoms with Crippen LogP contribution in [0.5, 0.6) is 0 Å². The Balaban J connectivity index is 1.49. The van der Waals surface area contributed by atoms with Gasteiger partial charge in [0.05, 0.1) is 11.0 Å². The summed E-state index contributed by atoms with van der Waals surface area (Å²) in [4.78, 5) is 20.4. The first-order valence-electron chi connectivity index (χ1n) is 9.32. The molecule has 1 aliphatic rings. The van der Waals surface area contributed by atoms with E-state index in [1.807, 2.05) is 49.5 Å². The van der Waals surface area contributed by atoms with Crippen molar-refractivity contribution in [1.29, 1.82) is 0 Å². The van der Waals surface area contributed by atoms with Crippen LogP contribution in [0, 0.1) is 5.92 Å². The molecule has 1 aromatic heterocycles. The van der Waals surface area contributed by atoms with Crippen LogP contribution in [0.1, 0.15) is 32.1 Å². The minimum absolute atomic E-state index is 0.154. The largest absolute Gasteiger partial charge is 0.388 e. The lowest BCUT2D eigenvalue weighted by Gasteiger charge is -2.20. The fraction of sp³-hybridized carbons (Fsp3) is 0.333. The smallest absolute Gasteiger partial charge is 0.227 e. The fourth-order valence-corrected chi connectivity index (χ4v) is 3.62. The van der Waals surface area contributed by atoms with E-state index < -0.39 is 0 Å². The molecule has 1 fully saturated rings. The maximum atomic E-state index is 12.4. The van der Waals surface area contributed by atoms with Crippen molar-refractivity contribution in [3.63, 3.8) is 0 Å². The van der Waals surface area contributed by atoms with Crippen LogP contribution in [-0.2, 0) is 4.79 Å². The van der Waals surface area contributed by atoms with E-state index in [1.165, 1.54) is 19.3 Å². The van der Waals surface area contributed by atoms with Crippen LogP contribution in [0.3, 0.4) is 0 Å². The molecular weight excluding hydrogens is 324 g/mol. The lowest BCUT2D eigenvalue weighted by molar-refractivity contribution is -0.120. The quantitative estimate of drug-likeness (QED) is 0.635. The summed E-state index contributed by atoms with van der Waals surface area (Å²) >= 11 is 0. The third-order valence-electron chi connectivity index (χ3n) is 5.17. The Labute approximate surface area is 153 Å². The highest BCUT2D eigenvalue weighted by Crippen LogP contribution is 2.26. The molecule has 134 valence electrons. The number of aromatic nitrogens is 2. The van der Waals surface area contributed by atoms with Crippen LogP contribution in [0.2, 0.25) is 0 Å². The van der Waals surface area contributed by atoms with E-state index in [0.717, 1.165) is 46.6 Å². The number of imidazole rings is 1. The number of rotatable bonds is 4. The second kappa shape index (κ2) is 7.20. The third-order valence-corrected chi connectivity index (χ3v) is 5.17. The molecule has 5 heteroatoms. The second-order valence-corrected chi connectivity index (χ2v) is 6.97. The Morgan fingerprint density at radius 3 is 2.50 bits per heavy atom. The van der Waals surface area contributed by atoms with Crippen LogP contribution < -0.4 is 10.6 Å². The topological polar surface area (TPSA) is 69.8 Å². The Bertz CT molecular complexity index is 907. The zero-order chi connectivity index (χ0) is 17.9. The Kier molecular flexibility index (Phi) is 4.61. The van der Waals surface area contributed by atoms with Gasteiger partial charge in [0, 0.05) is 29.9 Å². The number of carbonyl (C=O) groups excluding carboxylic acids is 1. The summed E-state index contributed by atoms with van der Waals surface area (Å²) in [5.74, 6) is 1.15. The summed E-state index contributed by atoms with van der Waals surface area (Å²) in [7, 11) is 1.90. The molecule has 1 aliphatic carbocycles. The summed E-state index contributed by atoms with van der Waals surface area (Å²) in [6, 6.07) is 13.9. The summed E-state index contributed by atoms with van der Waals surface area (Å²) in [6.45, 7) is 0. The van der Waals surface area contributed by atoms with E-state index in [9.17, 15) is 4.79 Å². The molecule has 0 atom stereocenters. The van der Waals surface area contributed by atoms with Crippen molar-refractivity contribution in [1.82, 2.24) is 9.97 Å². The molecule has 2 aromatic carbocycles. The molecule has 3 aromatic rings. The van der Waals surface area contributed by atoms with Gasteiger partial charge < -0.3 is 15.6 Å². The van der Waals surface area contributed by atoms with Crippen LogP contribution in [0.25, 0.3) is 22.4 Å². The number of carbonyl (C=O) groups is 1. The maximum absolute atomic E-state index is 12.4. The molecule has 0 bridgehead atoms. The van der Waals surface area contributed by atoms with Gasteiger partial charge in [0.2, 0.25) is 5.91 Å². The number of nitrogens with zero attached hydrogens (tertiary/aromatic N) is 1. The number of aromatic amines is 1. The van der Waals surface area contributed by atoms with E-state index in [1.54, 1.807) is 0 Å². The van der Waals surface area contributed by atoms with Gasteiger partial charge in [-0.05, 0) is 55.3 Å². The van der Waals surface area contributed by atoms with Gasteiger partial charge in [0.25, 0.3) is 0 Å². The number of H-pyrrole nitrogens is 1. The maximum Gasteiger partial charge on any atom is 0.227 e. The number of fused-ring (bicyclic) bond motifs is 1. The average molecular weight is 348 g/mol. The van der Waals surface area contributed by atoms with Crippen molar-refractivity contribution in [2.75, 3.05) is 17.7 Å². The molecule has 4 rings (SSSR count). The molecule has 1 amide bonds. The molecule has 0 aliphatic heterocycles. The second-order valence-electron chi connectivity index (χ2n) is 6.97. The first-order chi connectivity index (χ1) is 12.7. The molecule has 0 spiro atoms. The van der Waals surface area contributed by atoms with Crippen molar-refractivity contribution in [2.24, 2.45) is 5.92 Å². The molecule has 1 heterocycles. The van der Waals surface area contributed by atoms with Gasteiger partial charge in [0.15, 0.2) is 0 Å². The molecule has 0 unspecified atom stereocenters. The standard InChI is InChI=1S/C21H24N4O/c1-22-17-11-12-18-19(13-17)25-20(24-18)14-7-9-16(10-8-14)23-21(26)15-5-3-2-4-6-15/h7-13,15,22H,2-6H2,1H3,(H,23,26)(H,24,25). The number of hydrogen-bond acceptors (Lipinski definition) is 3. The lowest BCUT2D eigenvalue weighted by atomic mass is 9.88. The lowest BCUT2D eigenvalue weighted by Crippen LogP contribution is -2.24. The minimum Gasteiger partial charge on any atom is -0.388 e. The predicted octanol–water partition coefficient (Wildman–Crippen LogP) is 4.79. The van der Waals surface area contributed by atoms with E-state index in [0.29, 0.717) is 0 Å². The van der Waals surface area contributed by atoms with Gasteiger partial charge in [0.1, 0.15) is 5.82 Å². The summed E-state index contributed by atoms with van der Waals surface area (Å²) in [5.41, 5.74) is 4.84. The van der Waals surface area contributed by atoms with Gasteiger partial charge in [-0.3, -0.25) is 4.79 Å². The van der Waals surface area contributed by atoms with Crippen LogP contribution in [0.15, 0.2) is 42.5 Å². The number of nitrogens with one attached hydrogen (secondary N) is 3. The van der Waals surface area contributed by atoms with Gasteiger partial charge in [-0.25, -0.2) is 4.98 Å². The molecule has 26 heavy (non-hydrogen) atoms. The average Bonchev–Trinajstić information content (AvgIpc) is 3.12. The van der Waals surface area contributed by atoms with Gasteiger partial charge in [-0.2, -0.15) is 0 Å². The highest BCUT2D eigenvalue weighted by Gasteiger charge is 2.21. The molecule has 3 N–H and O–H groups in total. The van der Waals surface area contributed by atoms with Crippen molar-refractivity contribution >= 4 is 28.3 Å². The Morgan fingerprint density at radius 1 is 1.04 bits per heavy atom. The van der Waals surface area contributed by atoms with Gasteiger partial charge >= 0.3 is 0 Å². The van der Waals surface area contributed by atoms with E-state index in [4.69, 9.17) is 0 Å². The van der Waals surface area contributed by atoms with E-state index in [-0.39, 0.29) is 11.8 Å². The third kappa shape index (κ3) is 3.43. The monoisotopic (exact) mass is 348 g/mol. The summed E-state index contributed by atoms with van der Waals surface area (Å²) in [6.07, 6.45) is 5.61. The summed E-state index contributed by atoms with van der Waals surface area (Å²) in [5, 5.41) is 6.19. The fourth-order valence-electron chi connectivity index (χ4n) is 3.62. The van der Waals surface area contributed by atoms with Crippen molar-refractivity contribution in [3.8, 4) is 11.4 Å². The zero-order valence-corrected chi connectivity index (χ0v) is 15.0. The highest BCUT2D eigenvalue weighted by atomic mass is 16.1. The normalized spacial score (nSPS) is 15.1. The van der Waals surface area contributed by atoms with E-state index in [2.05, 4.69) is 20.6 Å². The number of amides is 1. The minimum atomic E-state index is 0.154. The van der Waals surface area contributed by atoms with Crippen LogP contribution in [-0.4, -0.2) is 22.9 Å². The SMILES string of the molecule is CNc1ccc2nc(-c3ccc(NC(=O)C4CCCCC4)cc3)[nH]c2c1. The van der Waals surface area contributed by atoms with Crippen molar-refractivity contribution in [3.05, 3.63) is 42.5 Å². The molecule has 1 saturated carbocycles. The van der Waals surface area contributed by atoms with Crippen LogP contribution >= 0.6 is 0 Å². The van der Waals surface area contributed by atoms with Gasteiger partial charge in [-0.15, -0.1) is 0 Å². The Morgan fingerprint density at radius 2 is 1.77 bits per heavy atom. The van der Waals surface area contributed by atoms with Crippen molar-refractivity contribution in [2.45, 2.75) is 32.1 Å². The predicted molar refractivity (Wildman–Crippen MR) is 106 cm³/mol. The van der Waals surface area contributed by atoms with Crippen molar-refractivity contribution < 1.29 is 4.79 Å². The molecule has 0 radical (unpaired) electrons. The number of hydrogen-bond donors (Lipinski definition) is 3. The van der Waals surface area contributed by atoms with Gasteiger partial charge in [-0.1, -0.05) is 19.3 Å². The molecule has 0 saturated heterocycles. The Hall–Kier alpha value is -2.82. The summed E-state index contributed by atoms with van der Waals surface area (Å²) < 4.78 is 0. The molecule has 5 nitrogen and oxygen atoms in total. The molecular formula is C21H24N4O. The van der Waals surface area contributed by atoms with Crippen LogP contribution in [0.4, 0.5) is 11.4 Å². The number of anilines is 2. The zero-order valence-electron chi connectivity index (χ0n) is 15.0. The number of benzene rings is 2. The first-order valence-corrected chi connectivity index (χ1v) is 9.32. The van der Waals surface area contributed by atoms with E-state index >= 15 is 0 Å².